The van der Waals surface area contributed by atoms with Crippen LogP contribution in [0.15, 0.2) is 0 Å². The Morgan fingerprint density at radius 3 is 2.56 bits per heavy atom. The van der Waals surface area contributed by atoms with Gasteiger partial charge in [0.15, 0.2) is 0 Å². The third kappa shape index (κ3) is 3.17. The molecule has 1 saturated heterocycles. The van der Waals surface area contributed by atoms with E-state index in [-0.39, 0.29) is 12.1 Å². The second-order valence-corrected chi connectivity index (χ2v) is 5.46. The summed E-state index contributed by atoms with van der Waals surface area (Å²) >= 11 is 0. The van der Waals surface area contributed by atoms with E-state index in [4.69, 9.17) is 16.2 Å². The van der Waals surface area contributed by atoms with Crippen molar-refractivity contribution in [3.05, 3.63) is 0 Å². The van der Waals surface area contributed by atoms with Gasteiger partial charge in [0.05, 0.1) is 12.2 Å². The van der Waals surface area contributed by atoms with E-state index >= 15 is 0 Å². The van der Waals surface area contributed by atoms with Crippen LogP contribution in [0.5, 0.6) is 0 Å². The third-order valence-electron chi connectivity index (χ3n) is 3.91. The Bertz CT molecular complexity index is 218. The first kappa shape index (κ1) is 12.3. The summed E-state index contributed by atoms with van der Waals surface area (Å²) in [6.07, 6.45) is 5.09. The predicted octanol–water partition coefficient (Wildman–Crippen LogP) is 0.208. The highest BCUT2D eigenvalue weighted by Gasteiger charge is 2.27. The molecular formula is C12H25N3O. The minimum Gasteiger partial charge on any atom is -0.372 e. The standard InChI is InChI=1S/C12H25N3O/c1-8-12(14)3-2-11(16-8)7-15-6-9-4-10(13)5-9/h8-12,15H,2-7,13-14H2,1H3/t8-,9?,10?,11+,12-/m1/s1. The van der Waals surface area contributed by atoms with Gasteiger partial charge in [0.2, 0.25) is 0 Å². The van der Waals surface area contributed by atoms with Crippen molar-refractivity contribution in [3.63, 3.8) is 0 Å². The highest BCUT2D eigenvalue weighted by molar-refractivity contribution is 4.84. The molecule has 4 nitrogen and oxygen atoms in total. The quantitative estimate of drug-likeness (QED) is 0.642. The van der Waals surface area contributed by atoms with Crippen LogP contribution >= 0.6 is 0 Å². The van der Waals surface area contributed by atoms with Crippen molar-refractivity contribution in [1.29, 1.82) is 0 Å². The zero-order chi connectivity index (χ0) is 11.5. The monoisotopic (exact) mass is 227 g/mol. The van der Waals surface area contributed by atoms with Crippen LogP contribution in [0, 0.1) is 5.92 Å². The molecule has 4 heteroatoms. The van der Waals surface area contributed by atoms with Crippen LogP contribution < -0.4 is 16.8 Å². The molecule has 2 rings (SSSR count). The van der Waals surface area contributed by atoms with Crippen LogP contribution in [0.1, 0.15) is 32.6 Å². The molecule has 0 bridgehead atoms. The second kappa shape index (κ2) is 5.45. The molecule has 1 aliphatic carbocycles. The van der Waals surface area contributed by atoms with Crippen molar-refractivity contribution < 1.29 is 4.74 Å². The Hall–Kier alpha value is -0.160. The molecule has 0 aromatic heterocycles. The van der Waals surface area contributed by atoms with E-state index in [1.807, 2.05) is 0 Å². The van der Waals surface area contributed by atoms with Gasteiger partial charge in [0.1, 0.15) is 0 Å². The second-order valence-electron chi connectivity index (χ2n) is 5.46. The molecule has 0 aromatic rings. The molecule has 94 valence electrons. The summed E-state index contributed by atoms with van der Waals surface area (Å²) < 4.78 is 5.84. The summed E-state index contributed by atoms with van der Waals surface area (Å²) in [5.41, 5.74) is 11.7. The van der Waals surface area contributed by atoms with Crippen LogP contribution in [-0.4, -0.2) is 37.4 Å². The lowest BCUT2D eigenvalue weighted by Crippen LogP contribution is -2.47. The molecule has 0 radical (unpaired) electrons. The SMILES string of the molecule is C[C@H]1O[C@H](CNCC2CC(N)C2)CC[C@H]1N. The van der Waals surface area contributed by atoms with Gasteiger partial charge in [-0.2, -0.15) is 0 Å². The van der Waals surface area contributed by atoms with Crippen molar-refractivity contribution in [2.24, 2.45) is 17.4 Å². The molecule has 2 fully saturated rings. The van der Waals surface area contributed by atoms with Gasteiger partial charge in [0, 0.05) is 18.6 Å². The fraction of sp³-hybridized carbons (Fsp3) is 1.00. The summed E-state index contributed by atoms with van der Waals surface area (Å²) in [5.74, 6) is 0.790. The summed E-state index contributed by atoms with van der Waals surface area (Å²) in [6, 6.07) is 0.677. The summed E-state index contributed by atoms with van der Waals surface area (Å²) in [4.78, 5) is 0. The maximum absolute atomic E-state index is 5.90. The van der Waals surface area contributed by atoms with E-state index in [2.05, 4.69) is 12.2 Å². The molecule has 0 amide bonds. The third-order valence-corrected chi connectivity index (χ3v) is 3.91. The van der Waals surface area contributed by atoms with Crippen molar-refractivity contribution in [1.82, 2.24) is 5.32 Å². The molecule has 0 aromatic carbocycles. The lowest BCUT2D eigenvalue weighted by molar-refractivity contribution is -0.0498. The minimum absolute atomic E-state index is 0.206. The summed E-state index contributed by atoms with van der Waals surface area (Å²) in [5, 5.41) is 3.49. The Kier molecular flexibility index (Phi) is 4.19. The number of rotatable bonds is 4. The lowest BCUT2D eigenvalue weighted by Gasteiger charge is -2.35. The molecule has 16 heavy (non-hydrogen) atoms. The molecule has 1 saturated carbocycles. The number of nitrogens with two attached hydrogens (primary N) is 2. The molecule has 3 atom stereocenters. The van der Waals surface area contributed by atoms with Crippen molar-refractivity contribution in [2.45, 2.75) is 56.9 Å². The highest BCUT2D eigenvalue weighted by atomic mass is 16.5. The van der Waals surface area contributed by atoms with Crippen LogP contribution in [0.4, 0.5) is 0 Å². The maximum atomic E-state index is 5.90. The van der Waals surface area contributed by atoms with Gasteiger partial charge in [-0.3, -0.25) is 0 Å². The van der Waals surface area contributed by atoms with E-state index in [0.29, 0.717) is 12.1 Å². The van der Waals surface area contributed by atoms with Crippen LogP contribution in [0.3, 0.4) is 0 Å². The Morgan fingerprint density at radius 2 is 1.94 bits per heavy atom. The summed E-state index contributed by atoms with van der Waals surface area (Å²) in [7, 11) is 0. The average Bonchev–Trinajstić information content (AvgIpc) is 2.21. The highest BCUT2D eigenvalue weighted by Crippen LogP contribution is 2.24. The smallest absolute Gasteiger partial charge is 0.0704 e. The summed E-state index contributed by atoms with van der Waals surface area (Å²) in [6.45, 7) is 4.12. The van der Waals surface area contributed by atoms with Crippen molar-refractivity contribution in [3.8, 4) is 0 Å². The van der Waals surface area contributed by atoms with Gasteiger partial charge in [-0.25, -0.2) is 0 Å². The van der Waals surface area contributed by atoms with Gasteiger partial charge in [-0.1, -0.05) is 0 Å². The fourth-order valence-electron chi connectivity index (χ4n) is 2.64. The van der Waals surface area contributed by atoms with Gasteiger partial charge >= 0.3 is 0 Å². The van der Waals surface area contributed by atoms with E-state index in [9.17, 15) is 0 Å². The van der Waals surface area contributed by atoms with Crippen LogP contribution in [0.25, 0.3) is 0 Å². The molecule has 0 spiro atoms. The maximum Gasteiger partial charge on any atom is 0.0704 e. The number of ether oxygens (including phenoxy) is 1. The Balaban J connectivity index is 1.56. The van der Waals surface area contributed by atoms with Gasteiger partial charge in [-0.05, 0) is 45.1 Å². The van der Waals surface area contributed by atoms with Crippen molar-refractivity contribution in [2.75, 3.05) is 13.1 Å². The topological polar surface area (TPSA) is 73.3 Å². The first-order chi connectivity index (χ1) is 7.65. The van der Waals surface area contributed by atoms with Crippen molar-refractivity contribution >= 4 is 0 Å². The Morgan fingerprint density at radius 1 is 1.19 bits per heavy atom. The molecule has 1 aliphatic heterocycles. The largest absolute Gasteiger partial charge is 0.372 e. The molecule has 0 unspecified atom stereocenters. The molecule has 2 aliphatic rings. The lowest BCUT2D eigenvalue weighted by atomic mass is 9.81. The zero-order valence-electron chi connectivity index (χ0n) is 10.2. The van der Waals surface area contributed by atoms with E-state index in [1.165, 1.54) is 12.8 Å². The molecule has 5 N–H and O–H groups in total. The van der Waals surface area contributed by atoms with Gasteiger partial charge in [-0.15, -0.1) is 0 Å². The number of nitrogens with one attached hydrogen (secondary N) is 1. The van der Waals surface area contributed by atoms with Crippen LogP contribution in [-0.2, 0) is 4.74 Å². The van der Waals surface area contributed by atoms with E-state index in [0.717, 1.165) is 31.8 Å². The predicted molar refractivity (Wildman–Crippen MR) is 65.1 cm³/mol. The number of hydrogen-bond acceptors (Lipinski definition) is 4. The molecular weight excluding hydrogens is 202 g/mol. The first-order valence-electron chi connectivity index (χ1n) is 6.52. The fourth-order valence-corrected chi connectivity index (χ4v) is 2.64. The average molecular weight is 227 g/mol. The number of hydrogen-bond donors (Lipinski definition) is 3. The first-order valence-corrected chi connectivity index (χ1v) is 6.52. The Labute approximate surface area is 98.1 Å². The van der Waals surface area contributed by atoms with Crippen LogP contribution in [0.2, 0.25) is 0 Å². The normalized spacial score (nSPS) is 44.1. The molecule has 1 heterocycles. The van der Waals surface area contributed by atoms with Gasteiger partial charge in [0.25, 0.3) is 0 Å². The van der Waals surface area contributed by atoms with E-state index in [1.54, 1.807) is 0 Å². The van der Waals surface area contributed by atoms with E-state index < -0.39 is 0 Å². The van der Waals surface area contributed by atoms with Gasteiger partial charge < -0.3 is 21.5 Å². The zero-order valence-corrected chi connectivity index (χ0v) is 10.2. The minimum atomic E-state index is 0.206.